The first-order valence-corrected chi connectivity index (χ1v) is 5.11. The van der Waals surface area contributed by atoms with Crippen molar-refractivity contribution in [1.29, 1.82) is 0 Å². The fraction of sp³-hybridized carbons (Fsp3) is 0.800. The van der Waals surface area contributed by atoms with Gasteiger partial charge in [0.15, 0.2) is 6.23 Å². The molecule has 1 aliphatic heterocycles. The minimum Gasteiger partial charge on any atom is -0.446 e. The van der Waals surface area contributed by atoms with Crippen LogP contribution in [0.5, 0.6) is 0 Å². The zero-order chi connectivity index (χ0) is 11.4. The summed E-state index contributed by atoms with van der Waals surface area (Å²) < 4.78 is 4.97. The van der Waals surface area contributed by atoms with Gasteiger partial charge in [-0.1, -0.05) is 0 Å². The zero-order valence-electron chi connectivity index (χ0n) is 8.97. The number of aliphatic hydroxyl groups is 1. The van der Waals surface area contributed by atoms with E-state index < -0.39 is 6.10 Å². The number of hydrogen-bond donors (Lipinski definition) is 2. The Balaban J connectivity index is 2.40. The maximum atomic E-state index is 10.7. The molecule has 0 amide bonds. The average Bonchev–Trinajstić information content (AvgIpc) is 2.10. The van der Waals surface area contributed by atoms with Gasteiger partial charge in [-0.3, -0.25) is 10.1 Å². The van der Waals surface area contributed by atoms with Gasteiger partial charge in [0.1, 0.15) is 6.29 Å². The molecule has 0 bridgehead atoms. The van der Waals surface area contributed by atoms with E-state index in [1.807, 2.05) is 0 Å². The number of carbonyl (C=O) groups excluding carboxylic acids is 2. The second-order valence-electron chi connectivity index (χ2n) is 3.95. The molecule has 0 aromatic carbocycles. The van der Waals surface area contributed by atoms with Crippen molar-refractivity contribution in [2.45, 2.75) is 45.1 Å². The monoisotopic (exact) mass is 215 g/mol. The maximum Gasteiger partial charge on any atom is 0.304 e. The molecule has 0 spiro atoms. The molecule has 1 heterocycles. The van der Waals surface area contributed by atoms with Crippen molar-refractivity contribution in [3.8, 4) is 0 Å². The molecule has 1 fully saturated rings. The number of hydrogen-bond acceptors (Lipinski definition) is 5. The van der Waals surface area contributed by atoms with E-state index in [2.05, 4.69) is 5.32 Å². The largest absolute Gasteiger partial charge is 0.446 e. The van der Waals surface area contributed by atoms with E-state index in [4.69, 9.17) is 9.84 Å². The Morgan fingerprint density at radius 1 is 1.67 bits per heavy atom. The molecule has 0 aromatic rings. The number of carbonyl (C=O) groups is 2. The van der Waals surface area contributed by atoms with Gasteiger partial charge in [0.2, 0.25) is 0 Å². The van der Waals surface area contributed by atoms with Crippen LogP contribution in [0.2, 0.25) is 0 Å². The number of nitrogens with one attached hydrogen (secondary N) is 1. The lowest BCUT2D eigenvalue weighted by molar-refractivity contribution is -0.164. The van der Waals surface area contributed by atoms with Crippen LogP contribution < -0.4 is 5.32 Å². The van der Waals surface area contributed by atoms with Crippen LogP contribution in [0.1, 0.15) is 26.7 Å². The highest BCUT2D eigenvalue weighted by Gasteiger charge is 2.42. The van der Waals surface area contributed by atoms with E-state index in [1.54, 1.807) is 6.92 Å². The van der Waals surface area contributed by atoms with Crippen LogP contribution in [0.3, 0.4) is 0 Å². The Kier molecular flexibility index (Phi) is 4.23. The Bertz CT molecular complexity index is 242. The lowest BCUT2D eigenvalue weighted by Gasteiger charge is -2.42. The molecule has 5 heteroatoms. The van der Waals surface area contributed by atoms with Crippen LogP contribution in [-0.2, 0) is 14.3 Å². The van der Waals surface area contributed by atoms with Gasteiger partial charge in [0.05, 0.1) is 12.1 Å². The van der Waals surface area contributed by atoms with Gasteiger partial charge in [-0.2, -0.15) is 0 Å². The van der Waals surface area contributed by atoms with Crippen LogP contribution in [0.25, 0.3) is 0 Å². The maximum absolute atomic E-state index is 10.7. The van der Waals surface area contributed by atoms with Gasteiger partial charge in [0.25, 0.3) is 0 Å². The Morgan fingerprint density at radius 2 is 2.33 bits per heavy atom. The van der Waals surface area contributed by atoms with Crippen molar-refractivity contribution >= 4 is 12.3 Å². The third kappa shape index (κ3) is 3.28. The smallest absolute Gasteiger partial charge is 0.304 e. The van der Waals surface area contributed by atoms with Gasteiger partial charge in [-0.15, -0.1) is 0 Å². The SMILES string of the molecule is CC(=O)OC1NC(C=O)C1CCC(C)O. The summed E-state index contributed by atoms with van der Waals surface area (Å²) in [6, 6.07) is -0.256. The quantitative estimate of drug-likeness (QED) is 0.491. The van der Waals surface area contributed by atoms with Gasteiger partial charge < -0.3 is 14.6 Å². The number of aldehydes is 1. The Morgan fingerprint density at radius 3 is 2.80 bits per heavy atom. The second-order valence-corrected chi connectivity index (χ2v) is 3.95. The minimum absolute atomic E-state index is 0.0130. The number of esters is 1. The molecule has 1 aliphatic rings. The summed E-state index contributed by atoms with van der Waals surface area (Å²) >= 11 is 0. The summed E-state index contributed by atoms with van der Waals surface area (Å²) in [7, 11) is 0. The zero-order valence-corrected chi connectivity index (χ0v) is 8.97. The van der Waals surface area contributed by atoms with Gasteiger partial charge in [0, 0.05) is 12.8 Å². The van der Waals surface area contributed by atoms with Crippen molar-refractivity contribution in [3.05, 3.63) is 0 Å². The molecule has 0 aliphatic carbocycles. The summed E-state index contributed by atoms with van der Waals surface area (Å²) in [5, 5.41) is 12.0. The average molecular weight is 215 g/mol. The van der Waals surface area contributed by atoms with E-state index in [0.717, 1.165) is 6.29 Å². The highest BCUT2D eigenvalue weighted by molar-refractivity contribution is 5.67. The molecule has 0 saturated carbocycles. The predicted octanol–water partition coefficient (Wildman–Crippen LogP) is -0.177. The van der Waals surface area contributed by atoms with E-state index in [9.17, 15) is 9.59 Å². The van der Waals surface area contributed by atoms with E-state index in [1.165, 1.54) is 6.92 Å². The van der Waals surface area contributed by atoms with Gasteiger partial charge >= 0.3 is 5.97 Å². The topological polar surface area (TPSA) is 75.6 Å². The molecule has 4 unspecified atom stereocenters. The van der Waals surface area contributed by atoms with Crippen molar-refractivity contribution in [1.82, 2.24) is 5.32 Å². The summed E-state index contributed by atoms with van der Waals surface area (Å²) in [6.45, 7) is 3.03. The molecular formula is C10H17NO4. The predicted molar refractivity (Wildman–Crippen MR) is 52.9 cm³/mol. The van der Waals surface area contributed by atoms with Crippen LogP contribution in [0.4, 0.5) is 0 Å². The van der Waals surface area contributed by atoms with Crippen LogP contribution >= 0.6 is 0 Å². The van der Waals surface area contributed by atoms with Crippen LogP contribution in [0, 0.1) is 5.92 Å². The van der Waals surface area contributed by atoms with Gasteiger partial charge in [-0.25, -0.2) is 0 Å². The number of ether oxygens (including phenoxy) is 1. The first kappa shape index (κ1) is 12.1. The standard InChI is InChI=1S/C10H17NO4/c1-6(13)3-4-8-9(5-12)11-10(8)15-7(2)14/h5-6,8-11,13H,3-4H2,1-2H3. The molecule has 0 radical (unpaired) electrons. The van der Waals surface area contributed by atoms with E-state index in [-0.39, 0.29) is 24.2 Å². The summed E-state index contributed by atoms with van der Waals surface area (Å²) in [4.78, 5) is 21.3. The van der Waals surface area contributed by atoms with Crippen LogP contribution in [0.15, 0.2) is 0 Å². The molecule has 5 nitrogen and oxygen atoms in total. The third-order valence-electron chi connectivity index (χ3n) is 2.56. The molecule has 1 rings (SSSR count). The lowest BCUT2D eigenvalue weighted by Crippen LogP contribution is -2.63. The summed E-state index contributed by atoms with van der Waals surface area (Å²) in [6.07, 6.45) is 1.32. The van der Waals surface area contributed by atoms with Crippen molar-refractivity contribution in [3.63, 3.8) is 0 Å². The molecule has 2 N–H and O–H groups in total. The highest BCUT2D eigenvalue weighted by Crippen LogP contribution is 2.26. The van der Waals surface area contributed by atoms with Crippen molar-refractivity contribution < 1.29 is 19.4 Å². The molecule has 4 atom stereocenters. The number of rotatable bonds is 5. The highest BCUT2D eigenvalue weighted by atomic mass is 16.6. The van der Waals surface area contributed by atoms with Crippen LogP contribution in [-0.4, -0.2) is 35.7 Å². The van der Waals surface area contributed by atoms with Crippen molar-refractivity contribution in [2.24, 2.45) is 5.92 Å². The molecule has 15 heavy (non-hydrogen) atoms. The third-order valence-corrected chi connectivity index (χ3v) is 2.56. The van der Waals surface area contributed by atoms with E-state index in [0.29, 0.717) is 12.8 Å². The lowest BCUT2D eigenvalue weighted by atomic mass is 9.85. The molecule has 0 aromatic heterocycles. The first-order valence-electron chi connectivity index (χ1n) is 5.11. The first-order chi connectivity index (χ1) is 7.04. The summed E-state index contributed by atoms with van der Waals surface area (Å²) in [5.41, 5.74) is 0. The summed E-state index contributed by atoms with van der Waals surface area (Å²) in [5.74, 6) is -0.375. The molecule has 86 valence electrons. The molecular weight excluding hydrogens is 198 g/mol. The fourth-order valence-corrected chi connectivity index (χ4v) is 1.71. The normalized spacial score (nSPS) is 31.5. The van der Waals surface area contributed by atoms with Crippen molar-refractivity contribution in [2.75, 3.05) is 0 Å². The second kappa shape index (κ2) is 5.23. The van der Waals surface area contributed by atoms with E-state index >= 15 is 0 Å². The Labute approximate surface area is 88.8 Å². The fourth-order valence-electron chi connectivity index (χ4n) is 1.71. The minimum atomic E-state index is -0.393. The van der Waals surface area contributed by atoms with Gasteiger partial charge in [-0.05, 0) is 19.8 Å². The molecule has 1 saturated heterocycles. The number of aliphatic hydroxyl groups excluding tert-OH is 1. The Hall–Kier alpha value is -0.940.